The van der Waals surface area contributed by atoms with Crippen molar-refractivity contribution in [3.05, 3.63) is 35.4 Å². The summed E-state index contributed by atoms with van der Waals surface area (Å²) in [5.74, 6) is 0.373. The number of benzene rings is 1. The zero-order valence-corrected chi connectivity index (χ0v) is 15.0. The molecule has 2 bridgehead atoms. The first kappa shape index (κ1) is 17.4. The normalized spacial score (nSPS) is 25.6. The predicted octanol–water partition coefficient (Wildman–Crippen LogP) is 1.26. The Morgan fingerprint density at radius 1 is 1.25 bits per heavy atom. The summed E-state index contributed by atoms with van der Waals surface area (Å²) < 4.78 is 27.9. The SMILES string of the molecule is CN(C)S(=O)(=O)N1C[C@H]2CC[C@@H](C1)N(Cc1cccc(C#N)c1)C2. The van der Waals surface area contributed by atoms with Crippen LogP contribution in [0.4, 0.5) is 0 Å². The molecule has 0 spiro atoms. The van der Waals surface area contributed by atoms with Crippen LogP contribution in [0.25, 0.3) is 0 Å². The highest BCUT2D eigenvalue weighted by molar-refractivity contribution is 7.86. The first-order valence-electron chi connectivity index (χ1n) is 8.31. The maximum Gasteiger partial charge on any atom is 0.281 e. The minimum Gasteiger partial charge on any atom is -0.294 e. The van der Waals surface area contributed by atoms with Crippen LogP contribution in [0.15, 0.2) is 24.3 Å². The van der Waals surface area contributed by atoms with Gasteiger partial charge >= 0.3 is 0 Å². The zero-order chi connectivity index (χ0) is 17.3. The van der Waals surface area contributed by atoms with Gasteiger partial charge in [0, 0.05) is 46.3 Å². The number of hydrogen-bond donors (Lipinski definition) is 0. The van der Waals surface area contributed by atoms with E-state index in [1.165, 1.54) is 4.31 Å². The Balaban J connectivity index is 1.77. The van der Waals surface area contributed by atoms with Crippen LogP contribution in [0.2, 0.25) is 0 Å². The fourth-order valence-corrected chi connectivity index (χ4v) is 4.94. The lowest BCUT2D eigenvalue weighted by molar-refractivity contribution is 0.125. The lowest BCUT2D eigenvalue weighted by atomic mass is 9.94. The van der Waals surface area contributed by atoms with Crippen molar-refractivity contribution in [2.24, 2.45) is 5.92 Å². The summed E-state index contributed by atoms with van der Waals surface area (Å²) >= 11 is 0. The zero-order valence-electron chi connectivity index (χ0n) is 14.2. The third-order valence-electron chi connectivity index (χ3n) is 5.02. The number of hydrogen-bond acceptors (Lipinski definition) is 4. The molecule has 0 saturated carbocycles. The first-order chi connectivity index (χ1) is 11.4. The molecule has 3 fully saturated rings. The highest BCUT2D eigenvalue weighted by Gasteiger charge is 2.39. The summed E-state index contributed by atoms with van der Waals surface area (Å²) in [4.78, 5) is 2.38. The van der Waals surface area contributed by atoms with Gasteiger partial charge in [0.2, 0.25) is 0 Å². The summed E-state index contributed by atoms with van der Waals surface area (Å²) in [6.45, 7) is 2.84. The van der Waals surface area contributed by atoms with E-state index in [2.05, 4.69) is 11.0 Å². The second-order valence-corrected chi connectivity index (χ2v) is 9.09. The Hall–Kier alpha value is -1.46. The van der Waals surface area contributed by atoms with Gasteiger partial charge in [-0.1, -0.05) is 12.1 Å². The fourth-order valence-electron chi connectivity index (χ4n) is 3.72. The molecule has 0 N–H and O–H groups in total. The van der Waals surface area contributed by atoms with Crippen LogP contribution in [0.3, 0.4) is 0 Å². The van der Waals surface area contributed by atoms with Crippen LogP contribution >= 0.6 is 0 Å². The number of piperidine rings is 1. The van der Waals surface area contributed by atoms with Gasteiger partial charge in [0.1, 0.15) is 0 Å². The van der Waals surface area contributed by atoms with Gasteiger partial charge in [-0.3, -0.25) is 4.90 Å². The van der Waals surface area contributed by atoms with Crippen molar-refractivity contribution in [2.45, 2.75) is 25.4 Å². The molecule has 3 saturated heterocycles. The third kappa shape index (κ3) is 3.47. The van der Waals surface area contributed by atoms with Crippen LogP contribution in [-0.2, 0) is 16.8 Å². The van der Waals surface area contributed by atoms with Crippen LogP contribution in [0.1, 0.15) is 24.0 Å². The Morgan fingerprint density at radius 3 is 2.75 bits per heavy atom. The number of nitrogens with zero attached hydrogens (tertiary/aromatic N) is 4. The van der Waals surface area contributed by atoms with Crippen LogP contribution in [-0.4, -0.2) is 61.7 Å². The van der Waals surface area contributed by atoms with Crippen LogP contribution in [0, 0.1) is 17.2 Å². The molecule has 3 heterocycles. The van der Waals surface area contributed by atoms with Crippen molar-refractivity contribution in [3.8, 4) is 6.07 Å². The molecule has 3 aliphatic rings. The van der Waals surface area contributed by atoms with Crippen LogP contribution in [0.5, 0.6) is 0 Å². The van der Waals surface area contributed by atoms with Gasteiger partial charge < -0.3 is 0 Å². The Kier molecular flexibility index (Phi) is 4.92. The minimum absolute atomic E-state index is 0.240. The summed E-state index contributed by atoms with van der Waals surface area (Å²) in [6, 6.07) is 10.1. The largest absolute Gasteiger partial charge is 0.294 e. The molecular formula is C17H24N4O2S. The fraction of sp³-hybridized carbons (Fsp3) is 0.588. The molecule has 6 nitrogen and oxygen atoms in total. The average Bonchev–Trinajstić information content (AvgIpc) is 2.87. The molecule has 2 atom stereocenters. The molecule has 0 radical (unpaired) electrons. The number of rotatable bonds is 4. The molecule has 7 heteroatoms. The lowest BCUT2D eigenvalue weighted by Gasteiger charge is -2.36. The van der Waals surface area contributed by atoms with Crippen LogP contribution < -0.4 is 0 Å². The van der Waals surface area contributed by atoms with Crippen molar-refractivity contribution in [1.29, 1.82) is 5.26 Å². The maximum absolute atomic E-state index is 12.5. The van der Waals surface area contributed by atoms with Gasteiger partial charge in [-0.15, -0.1) is 0 Å². The van der Waals surface area contributed by atoms with Crippen molar-refractivity contribution in [2.75, 3.05) is 33.7 Å². The molecule has 1 aromatic rings. The second kappa shape index (κ2) is 6.81. The lowest BCUT2D eigenvalue weighted by Crippen LogP contribution is -2.45. The molecule has 130 valence electrons. The third-order valence-corrected chi connectivity index (χ3v) is 6.90. The van der Waals surface area contributed by atoms with Gasteiger partial charge in [-0.25, -0.2) is 0 Å². The summed E-state index contributed by atoms with van der Waals surface area (Å²) in [7, 11) is -0.178. The highest BCUT2D eigenvalue weighted by Crippen LogP contribution is 2.30. The van der Waals surface area contributed by atoms with E-state index in [1.54, 1.807) is 18.4 Å². The molecule has 3 aliphatic heterocycles. The number of fused-ring (bicyclic) bond motifs is 4. The van der Waals surface area contributed by atoms with E-state index in [-0.39, 0.29) is 6.04 Å². The first-order valence-corrected chi connectivity index (χ1v) is 9.70. The van der Waals surface area contributed by atoms with E-state index in [0.29, 0.717) is 24.6 Å². The topological polar surface area (TPSA) is 67.7 Å². The van der Waals surface area contributed by atoms with Gasteiger partial charge in [-0.05, 0) is 36.5 Å². The number of nitriles is 1. The second-order valence-electron chi connectivity index (χ2n) is 6.95. The monoisotopic (exact) mass is 348 g/mol. The van der Waals surface area contributed by atoms with E-state index in [1.807, 2.05) is 24.3 Å². The molecular weight excluding hydrogens is 324 g/mol. The van der Waals surface area contributed by atoms with Crippen molar-refractivity contribution in [3.63, 3.8) is 0 Å². The predicted molar refractivity (Wildman–Crippen MR) is 92.3 cm³/mol. The van der Waals surface area contributed by atoms with E-state index in [9.17, 15) is 8.42 Å². The Labute approximate surface area is 144 Å². The average molecular weight is 348 g/mol. The van der Waals surface area contributed by atoms with Gasteiger partial charge in [0.25, 0.3) is 10.2 Å². The van der Waals surface area contributed by atoms with E-state index >= 15 is 0 Å². The summed E-state index contributed by atoms with van der Waals surface area (Å²) in [6.07, 6.45) is 2.11. The quantitative estimate of drug-likeness (QED) is 0.822. The standard InChI is InChI=1S/C17H24N4O2S/c1-19(2)24(22,23)21-12-16-6-7-17(13-21)20(11-16)10-15-5-3-4-14(8-15)9-18/h3-5,8,16-17H,6-7,10-13H2,1-2H3/t16-,17-/m0/s1. The molecule has 0 aromatic heterocycles. The molecule has 24 heavy (non-hydrogen) atoms. The van der Waals surface area contributed by atoms with Crippen molar-refractivity contribution in [1.82, 2.24) is 13.5 Å². The summed E-state index contributed by atoms with van der Waals surface area (Å²) in [5.41, 5.74) is 1.79. The molecule has 1 aromatic carbocycles. The molecule has 4 rings (SSSR count). The molecule has 0 aliphatic carbocycles. The molecule has 0 amide bonds. The van der Waals surface area contributed by atoms with Crippen molar-refractivity contribution < 1.29 is 8.42 Å². The smallest absolute Gasteiger partial charge is 0.281 e. The molecule has 0 unspecified atom stereocenters. The highest BCUT2D eigenvalue weighted by atomic mass is 32.2. The Morgan fingerprint density at radius 2 is 2.04 bits per heavy atom. The van der Waals surface area contributed by atoms with Gasteiger partial charge in [-0.2, -0.15) is 22.3 Å². The minimum atomic E-state index is -3.36. The Bertz CT molecular complexity index is 741. The van der Waals surface area contributed by atoms with E-state index < -0.39 is 10.2 Å². The van der Waals surface area contributed by atoms with Gasteiger partial charge in [0.05, 0.1) is 11.6 Å². The maximum atomic E-state index is 12.5. The van der Waals surface area contributed by atoms with Crippen molar-refractivity contribution >= 4 is 10.2 Å². The van der Waals surface area contributed by atoms with E-state index in [0.717, 1.165) is 31.5 Å². The van der Waals surface area contributed by atoms with E-state index in [4.69, 9.17) is 5.26 Å². The summed E-state index contributed by atoms with van der Waals surface area (Å²) in [5, 5.41) is 9.05. The van der Waals surface area contributed by atoms with Gasteiger partial charge in [0.15, 0.2) is 0 Å².